The highest BCUT2D eigenvalue weighted by Gasteiger charge is 2.41. The number of benzene rings is 23. The molecule has 8 nitrogen and oxygen atoms in total. The lowest BCUT2D eigenvalue weighted by atomic mass is 9.91. The predicted molar refractivity (Wildman–Crippen MR) is 588 cm³/mol. The zero-order chi connectivity index (χ0) is 93.3. The molecule has 0 atom stereocenters. The number of aromatic nitrogens is 6. The van der Waals surface area contributed by atoms with Gasteiger partial charge in [0.2, 0.25) is 0 Å². The molecule has 0 unspecified atom stereocenters. The first kappa shape index (κ1) is 83.1. The third kappa shape index (κ3) is 15.1. The van der Waals surface area contributed by atoms with Gasteiger partial charge in [-0.2, -0.15) is 0 Å². The van der Waals surface area contributed by atoms with Gasteiger partial charge < -0.3 is 8.83 Å². The quantitative estimate of drug-likeness (QED) is 0.0535. The minimum Gasteiger partial charge on any atom is -0.456 e. The molecular formula is C132H84N6O2Si. The van der Waals surface area contributed by atoms with E-state index >= 15 is 0 Å². The molecule has 0 amide bonds. The van der Waals surface area contributed by atoms with E-state index in [1.165, 1.54) is 119 Å². The Hall–Kier alpha value is -18.5. The Labute approximate surface area is 814 Å². The van der Waals surface area contributed by atoms with Crippen molar-refractivity contribution in [1.82, 2.24) is 29.9 Å². The molecular weight excluding hydrogens is 1730 g/mol. The summed E-state index contributed by atoms with van der Waals surface area (Å²) in [4.78, 5) is 30.5. The Kier molecular flexibility index (Phi) is 20.8. The molecule has 23 aromatic carbocycles. The molecule has 4 aromatic heterocycles. The average Bonchev–Trinajstić information content (AvgIpc) is 1.28. The van der Waals surface area contributed by atoms with Crippen LogP contribution in [-0.4, -0.2) is 38.0 Å². The topological polar surface area (TPSA) is 104 Å². The van der Waals surface area contributed by atoms with Crippen molar-refractivity contribution in [3.05, 3.63) is 510 Å². The first-order chi connectivity index (χ1) is 69.8. The third-order valence-corrected chi connectivity index (χ3v) is 32.8. The lowest BCUT2D eigenvalue weighted by molar-refractivity contribution is 0.668. The number of fused-ring (bicyclic) bond motifs is 18. The molecule has 0 aliphatic heterocycles. The predicted octanol–water partition coefficient (Wildman–Crippen LogP) is 31.8. The maximum Gasteiger partial charge on any atom is 0.179 e. The van der Waals surface area contributed by atoms with Gasteiger partial charge >= 0.3 is 0 Å². The molecule has 141 heavy (non-hydrogen) atoms. The second kappa shape index (κ2) is 35.3. The van der Waals surface area contributed by atoms with Gasteiger partial charge in [0, 0.05) is 54.9 Å². The number of nitrogens with zero attached hydrogens (tertiary/aromatic N) is 6. The first-order valence-corrected chi connectivity index (χ1v) is 49.8. The summed E-state index contributed by atoms with van der Waals surface area (Å²) in [6.07, 6.45) is 0. The Morgan fingerprint density at radius 1 is 0.121 bits per heavy atom. The van der Waals surface area contributed by atoms with E-state index in [0.717, 1.165) is 111 Å². The van der Waals surface area contributed by atoms with Gasteiger partial charge in [-0.15, -0.1) is 0 Å². The zero-order valence-corrected chi connectivity index (χ0v) is 77.5. The molecule has 27 aromatic rings. The van der Waals surface area contributed by atoms with Crippen LogP contribution in [0.5, 0.6) is 0 Å². The lowest BCUT2D eigenvalue weighted by Crippen LogP contribution is -2.74. The minimum absolute atomic E-state index is 0.578. The number of hydrogen-bond donors (Lipinski definition) is 0. The molecule has 0 N–H and O–H groups in total. The molecule has 0 saturated carbocycles. The fourth-order valence-electron chi connectivity index (χ4n) is 21.2. The van der Waals surface area contributed by atoms with E-state index in [4.69, 9.17) is 38.7 Å². The summed E-state index contributed by atoms with van der Waals surface area (Å²) in [5.41, 5.74) is 22.4. The highest BCUT2D eigenvalue weighted by Crippen LogP contribution is 2.45. The van der Waals surface area contributed by atoms with E-state index < -0.39 is 8.07 Å². The maximum absolute atomic E-state index is 6.62. The van der Waals surface area contributed by atoms with Crippen molar-refractivity contribution in [2.45, 2.75) is 0 Å². The molecule has 0 bridgehead atoms. The summed E-state index contributed by atoms with van der Waals surface area (Å²) in [5.74, 6) is 3.67. The number of rotatable bonds is 16. The van der Waals surface area contributed by atoms with Crippen LogP contribution in [0.15, 0.2) is 518 Å². The van der Waals surface area contributed by atoms with Crippen molar-refractivity contribution < 1.29 is 8.83 Å². The van der Waals surface area contributed by atoms with E-state index in [1.807, 2.05) is 97.1 Å². The maximum atomic E-state index is 6.62. The molecule has 0 spiro atoms. The van der Waals surface area contributed by atoms with Crippen molar-refractivity contribution in [2.75, 3.05) is 0 Å². The third-order valence-electron chi connectivity index (χ3n) is 28.0. The summed E-state index contributed by atoms with van der Waals surface area (Å²) in [5, 5.41) is 24.8. The minimum atomic E-state index is -2.72. The Morgan fingerprint density at radius 2 is 0.348 bits per heavy atom. The number of hydrogen-bond acceptors (Lipinski definition) is 8. The van der Waals surface area contributed by atoms with Crippen molar-refractivity contribution in [3.8, 4) is 135 Å². The van der Waals surface area contributed by atoms with Crippen LogP contribution in [-0.2, 0) is 0 Å². The van der Waals surface area contributed by atoms with Gasteiger partial charge in [0.05, 0.1) is 0 Å². The molecule has 0 saturated heterocycles. The molecule has 0 aliphatic carbocycles. The van der Waals surface area contributed by atoms with E-state index in [2.05, 4.69) is 413 Å². The van der Waals surface area contributed by atoms with E-state index in [1.54, 1.807) is 0 Å². The van der Waals surface area contributed by atoms with Gasteiger partial charge in [-0.05, 0) is 231 Å². The van der Waals surface area contributed by atoms with Crippen LogP contribution in [0.25, 0.3) is 244 Å². The van der Waals surface area contributed by atoms with Crippen LogP contribution in [0.3, 0.4) is 0 Å². The molecule has 9 heteroatoms. The normalized spacial score (nSPS) is 11.7. The van der Waals surface area contributed by atoms with Gasteiger partial charge in [-0.3, -0.25) is 0 Å². The second-order valence-corrected chi connectivity index (χ2v) is 40.0. The summed E-state index contributed by atoms with van der Waals surface area (Å²) >= 11 is 0. The van der Waals surface area contributed by atoms with E-state index in [0.29, 0.717) is 34.9 Å². The van der Waals surface area contributed by atoms with Crippen molar-refractivity contribution in [1.29, 1.82) is 0 Å². The average molecular weight is 1810 g/mol. The lowest BCUT2D eigenvalue weighted by Gasteiger charge is -2.34. The fraction of sp³-hybridized carbons (Fsp3) is 0. The van der Waals surface area contributed by atoms with Crippen LogP contribution in [0, 0.1) is 0 Å². The SMILES string of the molecule is c1ccc(-c2nc(-c3ccc([Si](c4ccccc4)(c4ccccc4)c4ccccc4)cc3)nc(-c3ccc4c(c3)oc3ccc(-c5cccc(-c6ccc7c8ccccc8c8ccccc8c7c6)c5)cc34)n2)cc1.c1ccc(-c2nc(-c3ccccc3)nc(-c3ccccc3-c3ccc4c(c3)oc3ccc(-c5cccc(-c6cccc(-c7ccc8c9ccccc9c9ccccc9c8c7)c6)c5)cc34)n2)cc1. The summed E-state index contributed by atoms with van der Waals surface area (Å²) in [7, 11) is -2.72. The van der Waals surface area contributed by atoms with Crippen molar-refractivity contribution >= 4 is 137 Å². The summed E-state index contributed by atoms with van der Waals surface area (Å²) in [6, 6.07) is 182. The van der Waals surface area contributed by atoms with Gasteiger partial charge in [0.25, 0.3) is 0 Å². The van der Waals surface area contributed by atoms with Crippen LogP contribution in [0.4, 0.5) is 0 Å². The molecule has 658 valence electrons. The van der Waals surface area contributed by atoms with Gasteiger partial charge in [0.1, 0.15) is 22.3 Å². The fourth-order valence-corrected chi connectivity index (χ4v) is 25.9. The Morgan fingerprint density at radius 3 is 0.709 bits per heavy atom. The van der Waals surface area contributed by atoms with Crippen LogP contribution in [0.2, 0.25) is 0 Å². The standard InChI is InChI=1S/C69H45N3OSi.C63H39N3O/c1-5-18-46(19-6-1)67-70-68(47-32-37-56(38-33-47)74(53-22-7-2-8-23-53,54-24-9-3-10-25-54)55-26-11-4-12-27-55)72-69(71-67)52-35-40-62-64-44-51(36-41-65(64)73-66(62)45-52)49-21-17-20-48(42-49)50-34-39-61-59-30-14-13-28-57(59)58-29-15-16-31-60(58)63(61)43-50;1-3-15-40(16-4-1)61-64-62(41-17-5-2-6-18-41)66-63(65-61)56-28-12-7-23-49(56)48-30-33-55-58-38-47(31-34-59(58)67-60(55)39-48)45-22-14-20-43(36-45)42-19-13-21-44(35-42)46-29-32-54-52-26-9-8-24-50(52)51-25-10-11-27-53(51)57(54)37-46/h1-45H;1-39H. The Bertz CT molecular complexity index is 9330. The van der Waals surface area contributed by atoms with Crippen LogP contribution < -0.4 is 20.7 Å². The van der Waals surface area contributed by atoms with Crippen LogP contribution in [0.1, 0.15) is 0 Å². The van der Waals surface area contributed by atoms with Crippen molar-refractivity contribution in [3.63, 3.8) is 0 Å². The Balaban J connectivity index is 0.000000145. The van der Waals surface area contributed by atoms with Crippen molar-refractivity contribution in [2.24, 2.45) is 0 Å². The highest BCUT2D eigenvalue weighted by atomic mass is 28.3. The second-order valence-electron chi connectivity index (χ2n) is 36.2. The van der Waals surface area contributed by atoms with Gasteiger partial charge in [-0.25, -0.2) is 29.9 Å². The largest absolute Gasteiger partial charge is 0.456 e. The summed E-state index contributed by atoms with van der Waals surface area (Å²) in [6.45, 7) is 0. The van der Waals surface area contributed by atoms with Crippen LogP contribution >= 0.6 is 0 Å². The highest BCUT2D eigenvalue weighted by molar-refractivity contribution is 7.20. The summed E-state index contributed by atoms with van der Waals surface area (Å²) < 4.78 is 13.2. The molecule has 0 radical (unpaired) electrons. The van der Waals surface area contributed by atoms with Gasteiger partial charge in [0.15, 0.2) is 43.0 Å². The first-order valence-electron chi connectivity index (χ1n) is 47.8. The number of furan rings is 2. The smallest absolute Gasteiger partial charge is 0.179 e. The zero-order valence-electron chi connectivity index (χ0n) is 76.5. The molecule has 4 heterocycles. The molecule has 0 fully saturated rings. The molecule has 27 rings (SSSR count). The van der Waals surface area contributed by atoms with E-state index in [-0.39, 0.29) is 0 Å². The van der Waals surface area contributed by atoms with E-state index in [9.17, 15) is 0 Å². The monoisotopic (exact) mass is 1810 g/mol. The van der Waals surface area contributed by atoms with Gasteiger partial charge in [-0.1, -0.05) is 431 Å². The molecule has 0 aliphatic rings.